The summed E-state index contributed by atoms with van der Waals surface area (Å²) in [5.41, 5.74) is 5.50. The summed E-state index contributed by atoms with van der Waals surface area (Å²) in [5.74, 6) is 0. The first kappa shape index (κ1) is 17.8. The summed E-state index contributed by atoms with van der Waals surface area (Å²) in [6, 6.07) is 20.1. The Hall–Kier alpha value is -1.64. The average molecular weight is 349 g/mol. The van der Waals surface area contributed by atoms with Crippen LogP contribution in [-0.4, -0.2) is 24.0 Å². The molecule has 3 atom stereocenters. The molecule has 26 heavy (non-hydrogen) atoms. The molecule has 0 saturated carbocycles. The van der Waals surface area contributed by atoms with Crippen LogP contribution in [0.3, 0.4) is 0 Å². The lowest BCUT2D eigenvalue weighted by molar-refractivity contribution is 0.263. The minimum Gasteiger partial charge on any atom is -0.307 e. The Morgan fingerprint density at radius 2 is 1.46 bits per heavy atom. The van der Waals surface area contributed by atoms with Crippen molar-refractivity contribution in [2.24, 2.45) is 0 Å². The molecule has 0 aliphatic carbocycles. The van der Waals surface area contributed by atoms with E-state index < -0.39 is 0 Å². The number of hydrogen-bond donors (Lipinski definition) is 1. The van der Waals surface area contributed by atoms with Gasteiger partial charge in [-0.25, -0.2) is 0 Å². The van der Waals surface area contributed by atoms with Gasteiger partial charge in [0.2, 0.25) is 0 Å². The number of nitrogens with zero attached hydrogens (tertiary/aromatic N) is 1. The van der Waals surface area contributed by atoms with Gasteiger partial charge in [-0.05, 0) is 74.9 Å². The molecule has 2 saturated heterocycles. The van der Waals surface area contributed by atoms with Gasteiger partial charge in [0.05, 0.1) is 0 Å². The summed E-state index contributed by atoms with van der Waals surface area (Å²) < 4.78 is 0. The van der Waals surface area contributed by atoms with Crippen LogP contribution in [0.1, 0.15) is 69.2 Å². The Labute approximate surface area is 158 Å². The first-order valence-electron chi connectivity index (χ1n) is 10.4. The summed E-state index contributed by atoms with van der Waals surface area (Å²) in [6.45, 7) is 7.13. The van der Waals surface area contributed by atoms with Crippen molar-refractivity contribution in [2.45, 2.75) is 64.1 Å². The molecule has 2 fully saturated rings. The van der Waals surface area contributed by atoms with Crippen LogP contribution in [0.25, 0.3) is 11.1 Å². The van der Waals surface area contributed by atoms with Gasteiger partial charge in [0.15, 0.2) is 0 Å². The molecule has 0 spiro atoms. The van der Waals surface area contributed by atoms with E-state index >= 15 is 0 Å². The second-order valence-corrected chi connectivity index (χ2v) is 8.21. The number of piperidine rings is 1. The van der Waals surface area contributed by atoms with E-state index in [4.69, 9.17) is 0 Å². The molecule has 2 heteroatoms. The molecule has 138 valence electrons. The topological polar surface area (TPSA) is 15.3 Å². The van der Waals surface area contributed by atoms with Gasteiger partial charge >= 0.3 is 0 Å². The molecule has 2 aromatic rings. The lowest BCUT2D eigenvalue weighted by Crippen LogP contribution is -2.34. The van der Waals surface area contributed by atoms with Crippen molar-refractivity contribution in [1.29, 1.82) is 0 Å². The Morgan fingerprint density at radius 3 is 2.08 bits per heavy atom. The fraction of sp³-hybridized carbons (Fsp3) is 0.500. The molecule has 2 heterocycles. The number of rotatable bonds is 4. The first-order valence-corrected chi connectivity index (χ1v) is 10.4. The quantitative estimate of drug-likeness (QED) is 0.761. The van der Waals surface area contributed by atoms with Crippen molar-refractivity contribution in [1.82, 2.24) is 10.2 Å². The second kappa shape index (κ2) is 7.94. The molecule has 2 aliphatic heterocycles. The molecule has 2 aromatic carbocycles. The molecule has 0 amide bonds. The normalized spacial score (nSPS) is 25.3. The largest absolute Gasteiger partial charge is 0.307 e. The summed E-state index contributed by atoms with van der Waals surface area (Å²) in [7, 11) is 0. The third-order valence-electron chi connectivity index (χ3n) is 6.34. The van der Waals surface area contributed by atoms with E-state index in [1.54, 1.807) is 0 Å². The van der Waals surface area contributed by atoms with Crippen LogP contribution in [0.5, 0.6) is 0 Å². The third-order valence-corrected chi connectivity index (χ3v) is 6.34. The van der Waals surface area contributed by atoms with Crippen LogP contribution >= 0.6 is 0 Å². The Kier molecular flexibility index (Phi) is 5.42. The van der Waals surface area contributed by atoms with Crippen LogP contribution < -0.4 is 5.32 Å². The Morgan fingerprint density at radius 1 is 0.846 bits per heavy atom. The van der Waals surface area contributed by atoms with Gasteiger partial charge in [-0.2, -0.15) is 0 Å². The summed E-state index contributed by atoms with van der Waals surface area (Å²) in [6.07, 6.45) is 6.59. The van der Waals surface area contributed by atoms with Gasteiger partial charge in [0, 0.05) is 18.1 Å². The van der Waals surface area contributed by atoms with Crippen molar-refractivity contribution in [3.63, 3.8) is 0 Å². The van der Waals surface area contributed by atoms with Gasteiger partial charge in [-0.3, -0.25) is 4.90 Å². The van der Waals surface area contributed by atoms with Crippen LogP contribution in [0.15, 0.2) is 48.5 Å². The summed E-state index contributed by atoms with van der Waals surface area (Å²) >= 11 is 0. The molecule has 0 radical (unpaired) electrons. The molecule has 0 bridgehead atoms. The number of likely N-dealkylation sites (tertiary alicyclic amines) is 1. The van der Waals surface area contributed by atoms with Crippen LogP contribution in [0.2, 0.25) is 0 Å². The van der Waals surface area contributed by atoms with Crippen molar-refractivity contribution in [3.8, 4) is 11.1 Å². The molecule has 3 unspecified atom stereocenters. The summed E-state index contributed by atoms with van der Waals surface area (Å²) in [4.78, 5) is 2.60. The zero-order valence-corrected chi connectivity index (χ0v) is 16.2. The van der Waals surface area contributed by atoms with E-state index in [9.17, 15) is 0 Å². The van der Waals surface area contributed by atoms with Gasteiger partial charge in [-0.1, -0.05) is 55.0 Å². The molecule has 4 rings (SSSR count). The number of hydrogen-bond acceptors (Lipinski definition) is 2. The smallest absolute Gasteiger partial charge is 0.0322 e. The average Bonchev–Trinajstić information content (AvgIpc) is 3.23. The fourth-order valence-corrected chi connectivity index (χ4v) is 4.60. The maximum absolute atomic E-state index is 3.73. The highest BCUT2D eigenvalue weighted by molar-refractivity contribution is 5.64. The highest BCUT2D eigenvalue weighted by atomic mass is 15.2. The first-order chi connectivity index (χ1) is 12.7. The van der Waals surface area contributed by atoms with Crippen LogP contribution in [0, 0.1) is 0 Å². The monoisotopic (exact) mass is 348 g/mol. The van der Waals surface area contributed by atoms with Crippen molar-refractivity contribution in [3.05, 3.63) is 59.7 Å². The summed E-state index contributed by atoms with van der Waals surface area (Å²) in [5, 5.41) is 3.73. The lowest BCUT2D eigenvalue weighted by Gasteiger charge is -2.29. The highest BCUT2D eigenvalue weighted by Gasteiger charge is 2.20. The standard InChI is InChI=1S/C24H32N2/c1-18-6-5-7-24(25-18)23-14-12-22(13-15-23)21-10-8-20(9-11-21)19(2)26-16-3-4-17-26/h8-15,18-19,24-25H,3-7,16-17H2,1-2H3. The van der Waals surface area contributed by atoms with Crippen molar-refractivity contribution >= 4 is 0 Å². The maximum Gasteiger partial charge on any atom is 0.0322 e. The highest BCUT2D eigenvalue weighted by Crippen LogP contribution is 2.29. The molecule has 0 aromatic heterocycles. The lowest BCUT2D eigenvalue weighted by atomic mass is 9.92. The number of benzene rings is 2. The van der Waals surface area contributed by atoms with Crippen LogP contribution in [0.4, 0.5) is 0 Å². The fourth-order valence-electron chi connectivity index (χ4n) is 4.60. The van der Waals surface area contributed by atoms with Gasteiger partial charge < -0.3 is 5.32 Å². The molecular weight excluding hydrogens is 316 g/mol. The molecule has 1 N–H and O–H groups in total. The van der Waals surface area contributed by atoms with E-state index in [0.717, 1.165) is 0 Å². The Bertz CT molecular complexity index is 654. The number of nitrogens with one attached hydrogen (secondary N) is 1. The van der Waals surface area contributed by atoms with E-state index in [2.05, 4.69) is 72.6 Å². The predicted molar refractivity (Wildman–Crippen MR) is 110 cm³/mol. The molecule has 2 aliphatic rings. The van der Waals surface area contributed by atoms with Crippen LogP contribution in [-0.2, 0) is 0 Å². The minimum absolute atomic E-state index is 0.525. The molecular formula is C24H32N2. The van der Waals surface area contributed by atoms with E-state index in [0.29, 0.717) is 18.1 Å². The molecule has 2 nitrogen and oxygen atoms in total. The Balaban J connectivity index is 1.45. The minimum atomic E-state index is 0.525. The van der Waals surface area contributed by atoms with Gasteiger partial charge in [0.1, 0.15) is 0 Å². The second-order valence-electron chi connectivity index (χ2n) is 8.21. The van der Waals surface area contributed by atoms with E-state index in [1.165, 1.54) is 67.4 Å². The zero-order chi connectivity index (χ0) is 17.9. The SMILES string of the molecule is CC1CCCC(c2ccc(-c3ccc(C(C)N4CCCC4)cc3)cc2)N1. The predicted octanol–water partition coefficient (Wildman–Crippen LogP) is 5.71. The van der Waals surface area contributed by atoms with Crippen molar-refractivity contribution in [2.75, 3.05) is 13.1 Å². The van der Waals surface area contributed by atoms with Gasteiger partial charge in [0.25, 0.3) is 0 Å². The van der Waals surface area contributed by atoms with E-state index in [1.807, 2.05) is 0 Å². The van der Waals surface area contributed by atoms with E-state index in [-0.39, 0.29) is 0 Å². The zero-order valence-electron chi connectivity index (χ0n) is 16.2. The van der Waals surface area contributed by atoms with Crippen molar-refractivity contribution < 1.29 is 0 Å². The van der Waals surface area contributed by atoms with Gasteiger partial charge in [-0.15, -0.1) is 0 Å². The maximum atomic E-state index is 3.73. The third kappa shape index (κ3) is 3.87.